The van der Waals surface area contributed by atoms with Crippen LogP contribution in [0.4, 0.5) is 5.82 Å². The van der Waals surface area contributed by atoms with E-state index in [1.807, 2.05) is 0 Å². The first-order chi connectivity index (χ1) is 8.89. The minimum atomic E-state index is -0.167. The fourth-order valence-corrected chi connectivity index (χ4v) is 2.79. The number of pyridine rings is 1. The minimum absolute atomic E-state index is 0. The van der Waals surface area contributed by atoms with Crippen LogP contribution in [0, 0.1) is 0 Å². The van der Waals surface area contributed by atoms with Crippen molar-refractivity contribution in [3.63, 3.8) is 0 Å². The Kier molecular flexibility index (Phi) is 3.69. The van der Waals surface area contributed by atoms with Gasteiger partial charge in [-0.3, -0.25) is 5.10 Å². The molecule has 0 radical (unpaired) electrons. The van der Waals surface area contributed by atoms with Crippen LogP contribution < -0.4 is 5.73 Å². The van der Waals surface area contributed by atoms with E-state index in [4.69, 9.17) is 10.5 Å². The van der Waals surface area contributed by atoms with Crippen LogP contribution in [0.1, 0.15) is 50.4 Å². The van der Waals surface area contributed by atoms with Crippen LogP contribution in [0.25, 0.3) is 11.0 Å². The molecule has 1 aliphatic rings. The monoisotopic (exact) mass is 296 g/mol. The Hall–Kier alpha value is -1.33. The number of nitrogens with one attached hydrogen (secondary N) is 1. The number of nitrogens with zero attached hydrogens (tertiary/aromatic N) is 2. The first kappa shape index (κ1) is 15.1. The minimum Gasteiger partial charge on any atom is -0.384 e. The Morgan fingerprint density at radius 1 is 1.30 bits per heavy atom. The average molecular weight is 297 g/mol. The third-order valence-corrected chi connectivity index (χ3v) is 3.73. The van der Waals surface area contributed by atoms with E-state index in [2.05, 4.69) is 42.9 Å². The maximum Gasteiger partial charge on any atom is 0.183 e. The van der Waals surface area contributed by atoms with Crippen molar-refractivity contribution in [1.82, 2.24) is 15.2 Å². The van der Waals surface area contributed by atoms with Crippen molar-refractivity contribution in [2.45, 2.75) is 52.2 Å². The van der Waals surface area contributed by atoms with Gasteiger partial charge in [0, 0.05) is 12.0 Å². The van der Waals surface area contributed by atoms with Crippen LogP contribution in [0.5, 0.6) is 0 Å². The zero-order chi connectivity index (χ0) is 13.8. The number of hydrogen-bond donors (Lipinski definition) is 2. The third-order valence-electron chi connectivity index (χ3n) is 3.73. The number of aromatic amines is 1. The molecule has 3 heterocycles. The summed E-state index contributed by atoms with van der Waals surface area (Å²) in [6.45, 7) is 9.10. The standard InChI is InChI=1S/C14H20N4O.ClH/c1-7(2)11-9-6-19-14(3,4)5-8(9)10-12(15)17-18-13(10)16-11;/h7H,5-6H2,1-4H3,(H3,15,16,17,18);1H. The quantitative estimate of drug-likeness (QED) is 0.848. The van der Waals surface area contributed by atoms with Gasteiger partial charge >= 0.3 is 0 Å². The molecule has 0 saturated heterocycles. The number of hydrogen-bond acceptors (Lipinski definition) is 4. The van der Waals surface area contributed by atoms with Gasteiger partial charge in [0.25, 0.3) is 0 Å². The highest BCUT2D eigenvalue weighted by atomic mass is 35.5. The Morgan fingerprint density at radius 2 is 2.00 bits per heavy atom. The van der Waals surface area contributed by atoms with E-state index in [9.17, 15) is 0 Å². The Balaban J connectivity index is 0.00000147. The molecule has 0 fully saturated rings. The smallest absolute Gasteiger partial charge is 0.183 e. The summed E-state index contributed by atoms with van der Waals surface area (Å²) in [7, 11) is 0. The fourth-order valence-electron chi connectivity index (χ4n) is 2.79. The lowest BCUT2D eigenvalue weighted by molar-refractivity contribution is -0.0402. The summed E-state index contributed by atoms with van der Waals surface area (Å²) in [5.41, 5.74) is 10.1. The second-order valence-electron chi connectivity index (χ2n) is 6.17. The number of nitrogen functional groups attached to an aromatic ring is 1. The van der Waals surface area contributed by atoms with E-state index >= 15 is 0 Å². The van der Waals surface area contributed by atoms with Gasteiger partial charge in [-0.05, 0) is 25.3 Å². The van der Waals surface area contributed by atoms with Crippen molar-refractivity contribution < 1.29 is 4.74 Å². The van der Waals surface area contributed by atoms with Crippen LogP contribution in [0.15, 0.2) is 0 Å². The number of halogens is 1. The molecule has 6 heteroatoms. The molecular formula is C14H21ClN4O. The molecule has 0 atom stereocenters. The predicted octanol–water partition coefficient (Wildman–Crippen LogP) is 2.94. The molecule has 1 aliphatic heterocycles. The van der Waals surface area contributed by atoms with Gasteiger partial charge in [-0.2, -0.15) is 5.10 Å². The molecule has 0 bridgehead atoms. The van der Waals surface area contributed by atoms with Gasteiger partial charge < -0.3 is 10.5 Å². The van der Waals surface area contributed by atoms with E-state index in [-0.39, 0.29) is 18.0 Å². The second kappa shape index (κ2) is 4.90. The maximum absolute atomic E-state index is 6.02. The second-order valence-corrected chi connectivity index (χ2v) is 6.17. The molecule has 110 valence electrons. The zero-order valence-corrected chi connectivity index (χ0v) is 13.1. The van der Waals surface area contributed by atoms with Crippen LogP contribution in [-0.2, 0) is 17.8 Å². The van der Waals surface area contributed by atoms with Gasteiger partial charge in [0.2, 0.25) is 0 Å². The number of rotatable bonds is 1. The molecule has 5 nitrogen and oxygen atoms in total. The summed E-state index contributed by atoms with van der Waals surface area (Å²) < 4.78 is 5.94. The molecule has 20 heavy (non-hydrogen) atoms. The van der Waals surface area contributed by atoms with Gasteiger partial charge in [0.05, 0.1) is 23.3 Å². The lowest BCUT2D eigenvalue weighted by Gasteiger charge is -2.33. The highest BCUT2D eigenvalue weighted by Crippen LogP contribution is 2.37. The molecular weight excluding hydrogens is 276 g/mol. The molecule has 0 spiro atoms. The number of nitrogens with two attached hydrogens (primary N) is 1. The lowest BCUT2D eigenvalue weighted by Crippen LogP contribution is -2.33. The first-order valence-electron chi connectivity index (χ1n) is 6.68. The Morgan fingerprint density at radius 3 is 2.65 bits per heavy atom. The molecule has 2 aromatic heterocycles. The highest BCUT2D eigenvalue weighted by Gasteiger charge is 2.31. The van der Waals surface area contributed by atoms with Crippen LogP contribution in [0.3, 0.4) is 0 Å². The largest absolute Gasteiger partial charge is 0.384 e. The number of fused-ring (bicyclic) bond motifs is 3. The number of ether oxygens (including phenoxy) is 1. The number of H-pyrrole nitrogens is 1. The van der Waals surface area contributed by atoms with Gasteiger partial charge in [0.15, 0.2) is 5.65 Å². The molecule has 0 saturated carbocycles. The van der Waals surface area contributed by atoms with E-state index in [0.29, 0.717) is 18.3 Å². The molecule has 0 aromatic carbocycles. The van der Waals surface area contributed by atoms with Crippen molar-refractivity contribution in [2.75, 3.05) is 5.73 Å². The molecule has 0 aliphatic carbocycles. The molecule has 0 unspecified atom stereocenters. The molecule has 2 aromatic rings. The van der Waals surface area contributed by atoms with E-state index < -0.39 is 0 Å². The molecule has 3 rings (SSSR count). The predicted molar refractivity (Wildman–Crippen MR) is 82.2 cm³/mol. The van der Waals surface area contributed by atoms with Gasteiger partial charge in [-0.15, -0.1) is 12.4 Å². The lowest BCUT2D eigenvalue weighted by atomic mass is 9.87. The third kappa shape index (κ3) is 2.25. The average Bonchev–Trinajstić information content (AvgIpc) is 2.68. The summed E-state index contributed by atoms with van der Waals surface area (Å²) >= 11 is 0. The maximum atomic E-state index is 6.02. The van der Waals surface area contributed by atoms with Crippen molar-refractivity contribution in [3.05, 3.63) is 16.8 Å². The summed E-state index contributed by atoms with van der Waals surface area (Å²) in [5, 5.41) is 8.03. The molecule has 3 N–H and O–H groups in total. The van der Waals surface area contributed by atoms with E-state index in [1.54, 1.807) is 0 Å². The first-order valence-corrected chi connectivity index (χ1v) is 6.68. The SMILES string of the molecule is CC(C)c1nc2n[nH]c(N)c2c2c1COC(C)(C)C2.Cl. The Labute approximate surface area is 124 Å². The van der Waals surface area contributed by atoms with Crippen LogP contribution >= 0.6 is 12.4 Å². The van der Waals surface area contributed by atoms with Gasteiger partial charge in [-0.1, -0.05) is 13.8 Å². The summed E-state index contributed by atoms with van der Waals surface area (Å²) in [5.74, 6) is 0.952. The van der Waals surface area contributed by atoms with Crippen molar-refractivity contribution >= 4 is 29.3 Å². The number of aromatic nitrogens is 3. The molecule has 0 amide bonds. The normalized spacial score (nSPS) is 17.1. The van der Waals surface area contributed by atoms with Crippen molar-refractivity contribution in [2.24, 2.45) is 0 Å². The van der Waals surface area contributed by atoms with Crippen LogP contribution in [-0.4, -0.2) is 20.8 Å². The van der Waals surface area contributed by atoms with Crippen molar-refractivity contribution in [3.8, 4) is 0 Å². The van der Waals surface area contributed by atoms with Crippen LogP contribution in [0.2, 0.25) is 0 Å². The number of anilines is 1. The van der Waals surface area contributed by atoms with Crippen molar-refractivity contribution in [1.29, 1.82) is 0 Å². The van der Waals surface area contributed by atoms with E-state index in [0.717, 1.165) is 23.1 Å². The van der Waals surface area contributed by atoms with Gasteiger partial charge in [-0.25, -0.2) is 4.98 Å². The topological polar surface area (TPSA) is 76.8 Å². The summed E-state index contributed by atoms with van der Waals surface area (Å²) in [6, 6.07) is 0. The summed E-state index contributed by atoms with van der Waals surface area (Å²) in [6.07, 6.45) is 0.838. The van der Waals surface area contributed by atoms with E-state index in [1.165, 1.54) is 11.1 Å². The highest BCUT2D eigenvalue weighted by molar-refractivity contribution is 5.90. The summed E-state index contributed by atoms with van der Waals surface area (Å²) in [4.78, 5) is 4.65. The zero-order valence-electron chi connectivity index (χ0n) is 12.3. The van der Waals surface area contributed by atoms with Gasteiger partial charge in [0.1, 0.15) is 5.82 Å². The Bertz CT molecular complexity index is 648. The fraction of sp³-hybridized carbons (Fsp3) is 0.571.